The van der Waals surface area contributed by atoms with E-state index in [0.717, 1.165) is 19.3 Å². The van der Waals surface area contributed by atoms with Crippen molar-refractivity contribution in [3.63, 3.8) is 0 Å². The van der Waals surface area contributed by atoms with E-state index in [9.17, 15) is 19.4 Å². The van der Waals surface area contributed by atoms with Crippen LogP contribution < -0.4 is 5.73 Å². The number of nitrogens with two attached hydrogens (primary N) is 1. The van der Waals surface area contributed by atoms with Crippen LogP contribution in [0.4, 0.5) is 0 Å². The zero-order valence-corrected chi connectivity index (χ0v) is 20.5. The first kappa shape index (κ1) is 31.4. The molecule has 0 saturated carbocycles. The fourth-order valence-electron chi connectivity index (χ4n) is 2.98. The maximum atomic E-state index is 11.6. The third-order valence-corrected chi connectivity index (χ3v) is 5.94. The van der Waals surface area contributed by atoms with Gasteiger partial charge in [0.25, 0.3) is 0 Å². The zero-order valence-electron chi connectivity index (χ0n) is 19.7. The second-order valence-corrected chi connectivity index (χ2v) is 9.48. The first-order valence-electron chi connectivity index (χ1n) is 11.6. The van der Waals surface area contributed by atoms with Gasteiger partial charge in [-0.05, 0) is 6.42 Å². The molecule has 0 aromatic rings. The Morgan fingerprint density at radius 3 is 1.97 bits per heavy atom. The summed E-state index contributed by atoms with van der Waals surface area (Å²) < 4.78 is 31.6. The lowest BCUT2D eigenvalue weighted by atomic mass is 10.0. The molecule has 0 aliphatic rings. The van der Waals surface area contributed by atoms with E-state index in [4.69, 9.17) is 20.3 Å². The van der Waals surface area contributed by atoms with Gasteiger partial charge < -0.3 is 30.3 Å². The van der Waals surface area contributed by atoms with Crippen molar-refractivity contribution in [2.75, 3.05) is 33.5 Å². The molecule has 0 aromatic heterocycles. The molecular formula is C21H44NO9P. The Hall–Kier alpha value is -0.580. The molecule has 4 atom stereocenters. The second-order valence-electron chi connectivity index (χ2n) is 8.02. The molecule has 0 aliphatic heterocycles. The number of methoxy groups -OCH3 is 1. The SMILES string of the molecule is CCCCCCCCCCCCC(COC[C@@H](O)COP(=O)(O)OC[C@H](N)C(=O)O)OC. The molecule has 11 heteroatoms. The van der Waals surface area contributed by atoms with Crippen molar-refractivity contribution >= 4 is 13.8 Å². The van der Waals surface area contributed by atoms with Crippen LogP contribution >= 0.6 is 7.82 Å². The zero-order chi connectivity index (χ0) is 24.2. The van der Waals surface area contributed by atoms with Gasteiger partial charge in [-0.25, -0.2) is 4.57 Å². The predicted octanol–water partition coefficient (Wildman–Crippen LogP) is 3.24. The normalized spacial score (nSPS) is 16.4. The van der Waals surface area contributed by atoms with Crippen molar-refractivity contribution in [3.05, 3.63) is 0 Å². The number of carboxylic acid groups (broad SMARTS) is 1. The van der Waals surface area contributed by atoms with Gasteiger partial charge >= 0.3 is 13.8 Å². The van der Waals surface area contributed by atoms with Crippen LogP contribution in [0.2, 0.25) is 0 Å². The van der Waals surface area contributed by atoms with E-state index in [0.29, 0.717) is 6.61 Å². The van der Waals surface area contributed by atoms with Crippen molar-refractivity contribution in [2.24, 2.45) is 5.73 Å². The summed E-state index contributed by atoms with van der Waals surface area (Å²) in [5.74, 6) is -1.37. The molecule has 0 spiro atoms. The van der Waals surface area contributed by atoms with E-state index >= 15 is 0 Å². The summed E-state index contributed by atoms with van der Waals surface area (Å²) >= 11 is 0. The van der Waals surface area contributed by atoms with E-state index in [1.165, 1.54) is 51.4 Å². The smallest absolute Gasteiger partial charge is 0.472 e. The molecule has 0 amide bonds. The third kappa shape index (κ3) is 18.9. The van der Waals surface area contributed by atoms with Crippen LogP contribution in [0.3, 0.4) is 0 Å². The Bertz CT molecular complexity index is 510. The summed E-state index contributed by atoms with van der Waals surface area (Å²) in [7, 11) is -2.90. The summed E-state index contributed by atoms with van der Waals surface area (Å²) in [6.07, 6.45) is 12.3. The molecule has 0 heterocycles. The van der Waals surface area contributed by atoms with Gasteiger partial charge in [0.15, 0.2) is 0 Å². The fourth-order valence-corrected chi connectivity index (χ4v) is 3.76. The number of aliphatic hydroxyl groups is 1. The van der Waals surface area contributed by atoms with E-state index in [1.807, 2.05) is 0 Å². The quantitative estimate of drug-likeness (QED) is 0.125. The molecule has 0 aromatic carbocycles. The molecule has 0 radical (unpaired) electrons. The summed E-state index contributed by atoms with van der Waals surface area (Å²) in [5, 5.41) is 18.4. The highest BCUT2D eigenvalue weighted by molar-refractivity contribution is 7.47. The minimum absolute atomic E-state index is 0.0815. The lowest BCUT2D eigenvalue weighted by molar-refractivity contribution is -0.139. The number of ether oxygens (including phenoxy) is 2. The van der Waals surface area contributed by atoms with E-state index in [-0.39, 0.29) is 12.7 Å². The molecule has 0 saturated heterocycles. The van der Waals surface area contributed by atoms with Gasteiger partial charge in [0, 0.05) is 7.11 Å². The van der Waals surface area contributed by atoms with Crippen molar-refractivity contribution in [1.82, 2.24) is 0 Å². The molecule has 2 unspecified atom stereocenters. The number of hydrogen-bond acceptors (Lipinski definition) is 8. The third-order valence-electron chi connectivity index (χ3n) is 4.99. The summed E-state index contributed by atoms with van der Waals surface area (Å²) in [6, 6.07) is -1.45. The van der Waals surface area contributed by atoms with Crippen molar-refractivity contribution < 1.29 is 43.0 Å². The maximum Gasteiger partial charge on any atom is 0.472 e. The average Bonchev–Trinajstić information content (AvgIpc) is 2.76. The van der Waals surface area contributed by atoms with Crippen molar-refractivity contribution in [2.45, 2.75) is 95.8 Å². The van der Waals surface area contributed by atoms with Gasteiger partial charge in [0.2, 0.25) is 0 Å². The Morgan fingerprint density at radius 2 is 1.44 bits per heavy atom. The number of rotatable bonds is 23. The Labute approximate surface area is 192 Å². The lowest BCUT2D eigenvalue weighted by Crippen LogP contribution is -2.34. The van der Waals surface area contributed by atoms with Gasteiger partial charge in [0.05, 0.1) is 32.5 Å². The monoisotopic (exact) mass is 485 g/mol. The van der Waals surface area contributed by atoms with Crippen LogP contribution in [-0.2, 0) is 27.9 Å². The van der Waals surface area contributed by atoms with Crippen LogP contribution in [0.25, 0.3) is 0 Å². The number of carbonyl (C=O) groups is 1. The second kappa shape index (κ2) is 19.9. The fraction of sp³-hybridized carbons (Fsp3) is 0.952. The predicted molar refractivity (Wildman–Crippen MR) is 121 cm³/mol. The molecule has 0 aliphatic carbocycles. The minimum atomic E-state index is -4.51. The molecule has 0 fully saturated rings. The number of hydrogen-bond donors (Lipinski definition) is 4. The maximum absolute atomic E-state index is 11.6. The first-order valence-corrected chi connectivity index (χ1v) is 13.1. The van der Waals surface area contributed by atoms with E-state index < -0.39 is 39.2 Å². The molecule has 5 N–H and O–H groups in total. The number of phosphoric ester groups is 1. The largest absolute Gasteiger partial charge is 0.480 e. The molecule has 0 bridgehead atoms. The van der Waals surface area contributed by atoms with Gasteiger partial charge in [-0.3, -0.25) is 13.8 Å². The summed E-state index contributed by atoms with van der Waals surface area (Å²) in [6.45, 7) is 1.22. The summed E-state index contributed by atoms with van der Waals surface area (Å²) in [5.41, 5.74) is 5.18. The first-order chi connectivity index (χ1) is 15.2. The van der Waals surface area contributed by atoms with Crippen LogP contribution in [0.5, 0.6) is 0 Å². The van der Waals surface area contributed by atoms with Crippen LogP contribution in [0.15, 0.2) is 0 Å². The standard InChI is InChI=1S/C21H44NO9P/c1-3-4-5-6-7-8-9-10-11-12-13-19(28-2)16-29-14-18(23)15-30-32(26,27)31-17-20(22)21(24)25/h18-20,23H,3-17,22H2,1-2H3,(H,24,25)(H,26,27)/t18-,19?,20+/m1/s1. The van der Waals surface area contributed by atoms with Crippen molar-refractivity contribution in [3.8, 4) is 0 Å². The van der Waals surface area contributed by atoms with E-state index in [1.54, 1.807) is 7.11 Å². The van der Waals surface area contributed by atoms with Crippen LogP contribution in [0, 0.1) is 0 Å². The summed E-state index contributed by atoms with van der Waals surface area (Å²) in [4.78, 5) is 20.0. The number of aliphatic hydroxyl groups excluding tert-OH is 1. The number of aliphatic carboxylic acids is 1. The highest BCUT2D eigenvalue weighted by atomic mass is 31.2. The molecule has 32 heavy (non-hydrogen) atoms. The molecule has 0 rings (SSSR count). The lowest BCUT2D eigenvalue weighted by Gasteiger charge is -2.18. The topological polar surface area (TPSA) is 158 Å². The Kier molecular flexibility index (Phi) is 19.5. The highest BCUT2D eigenvalue weighted by Crippen LogP contribution is 2.43. The Morgan fingerprint density at radius 1 is 0.906 bits per heavy atom. The number of phosphoric acid groups is 1. The molecule has 10 nitrogen and oxygen atoms in total. The number of unbranched alkanes of at least 4 members (excludes halogenated alkanes) is 9. The van der Waals surface area contributed by atoms with Gasteiger partial charge in [0.1, 0.15) is 12.1 Å². The van der Waals surface area contributed by atoms with E-state index in [2.05, 4.69) is 16.0 Å². The minimum Gasteiger partial charge on any atom is -0.480 e. The average molecular weight is 486 g/mol. The van der Waals surface area contributed by atoms with Crippen molar-refractivity contribution in [1.29, 1.82) is 0 Å². The van der Waals surface area contributed by atoms with Crippen LogP contribution in [-0.4, -0.2) is 72.9 Å². The van der Waals surface area contributed by atoms with Gasteiger partial charge in [-0.15, -0.1) is 0 Å². The molecule has 192 valence electrons. The van der Waals surface area contributed by atoms with Gasteiger partial charge in [-0.1, -0.05) is 71.1 Å². The van der Waals surface area contributed by atoms with Gasteiger partial charge in [-0.2, -0.15) is 0 Å². The highest BCUT2D eigenvalue weighted by Gasteiger charge is 2.25. The molecular weight excluding hydrogens is 441 g/mol. The Balaban J connectivity index is 3.78. The van der Waals surface area contributed by atoms with Crippen LogP contribution in [0.1, 0.15) is 77.6 Å². The number of carboxylic acids is 1.